The summed E-state index contributed by atoms with van der Waals surface area (Å²) in [7, 11) is 1.62. The molecule has 0 aliphatic heterocycles. The van der Waals surface area contributed by atoms with E-state index in [2.05, 4.69) is 12.0 Å². The molecule has 1 aromatic heterocycles. The number of ketones is 1. The highest BCUT2D eigenvalue weighted by molar-refractivity contribution is 5.96. The third-order valence-corrected chi connectivity index (χ3v) is 6.99. The van der Waals surface area contributed by atoms with Crippen molar-refractivity contribution < 1.29 is 14.3 Å². The molecular weight excluding hydrogens is 448 g/mol. The van der Waals surface area contributed by atoms with Gasteiger partial charge >= 0.3 is 0 Å². The zero-order valence-corrected chi connectivity index (χ0v) is 20.8. The number of carbonyl (C=O) groups excluding carboxylic acids is 1. The molecule has 1 fully saturated rings. The maximum atomic E-state index is 12.2. The van der Waals surface area contributed by atoms with Crippen molar-refractivity contribution in [1.29, 1.82) is 0 Å². The predicted molar refractivity (Wildman–Crippen MR) is 140 cm³/mol. The van der Waals surface area contributed by atoms with E-state index in [1.165, 1.54) is 12.8 Å². The first-order valence-corrected chi connectivity index (χ1v) is 12.6. The first-order valence-electron chi connectivity index (χ1n) is 12.6. The maximum Gasteiger partial charge on any atom is 0.225 e. The van der Waals surface area contributed by atoms with Crippen molar-refractivity contribution in [3.05, 3.63) is 87.9 Å². The minimum atomic E-state index is 0.0924. The molecule has 2 aliphatic carbocycles. The minimum Gasteiger partial charge on any atom is -0.496 e. The summed E-state index contributed by atoms with van der Waals surface area (Å²) in [6.45, 7) is 1.86. The number of ether oxygens (including phenoxy) is 2. The van der Waals surface area contributed by atoms with Crippen molar-refractivity contribution >= 4 is 11.4 Å². The molecule has 5 rings (SSSR count). The molecule has 0 bridgehead atoms. The summed E-state index contributed by atoms with van der Waals surface area (Å²) in [4.78, 5) is 22.0. The van der Waals surface area contributed by atoms with Crippen LogP contribution in [0.1, 0.15) is 83.2 Å². The van der Waals surface area contributed by atoms with Crippen LogP contribution in [0.3, 0.4) is 0 Å². The van der Waals surface area contributed by atoms with Crippen LogP contribution >= 0.6 is 0 Å². The highest BCUT2D eigenvalue weighted by Crippen LogP contribution is 2.39. The van der Waals surface area contributed by atoms with Crippen LogP contribution in [0.2, 0.25) is 0 Å². The third-order valence-electron chi connectivity index (χ3n) is 6.99. The average molecular weight is 479 g/mol. The van der Waals surface area contributed by atoms with Gasteiger partial charge in [0, 0.05) is 36.0 Å². The molecule has 1 heterocycles. The van der Waals surface area contributed by atoms with E-state index in [4.69, 9.17) is 25.9 Å². The second kappa shape index (κ2) is 10.4. The van der Waals surface area contributed by atoms with E-state index < -0.39 is 0 Å². The van der Waals surface area contributed by atoms with E-state index in [0.717, 1.165) is 52.8 Å². The van der Waals surface area contributed by atoms with E-state index in [1.807, 2.05) is 49.4 Å². The van der Waals surface area contributed by atoms with Gasteiger partial charge in [-0.25, -0.2) is 4.98 Å². The third kappa shape index (κ3) is 4.77. The maximum absolute atomic E-state index is 12.2. The molecule has 36 heavy (non-hydrogen) atoms. The quantitative estimate of drug-likeness (QED) is 0.295. The van der Waals surface area contributed by atoms with E-state index in [1.54, 1.807) is 7.11 Å². The number of nitrogens with zero attached hydrogens (tertiary/aromatic N) is 2. The van der Waals surface area contributed by atoms with Crippen molar-refractivity contribution in [2.45, 2.75) is 58.0 Å². The molecule has 3 aromatic rings. The van der Waals surface area contributed by atoms with Gasteiger partial charge in [-0.1, -0.05) is 43.2 Å². The number of benzene rings is 2. The largest absolute Gasteiger partial charge is 0.496 e. The summed E-state index contributed by atoms with van der Waals surface area (Å²) in [5.41, 5.74) is 6.57. The van der Waals surface area contributed by atoms with Crippen molar-refractivity contribution in [2.75, 3.05) is 7.11 Å². The number of Topliss-reactive ketones (excluding diaryl/α,β-unsaturated/α-hetero) is 1. The Bertz CT molecular complexity index is 1360. The van der Waals surface area contributed by atoms with Crippen LogP contribution in [-0.4, -0.2) is 29.0 Å². The molecular formula is C31H30N2O3. The first-order chi connectivity index (χ1) is 17.6. The standard InChI is InChI=1S/C31H30N2O3/c1-4-20-10-12-21(13-11-20)25-16-17-26-30(25)31(36-24-8-6-7-9-24)33-29(32-26)19-23-15-14-22(27(34)5-2)18-28(23)35-3/h1,10-16,18,24H,5-9,17,19H2,2-3H3. The number of fused-ring (bicyclic) bond motifs is 1. The number of allylic oxidation sites excluding steroid dienone is 1. The first kappa shape index (κ1) is 23.8. The number of hydrogen-bond donors (Lipinski definition) is 0. The van der Waals surface area contributed by atoms with Crippen LogP contribution in [0.25, 0.3) is 5.57 Å². The lowest BCUT2D eigenvalue weighted by Gasteiger charge is -2.18. The molecule has 5 nitrogen and oxygen atoms in total. The zero-order valence-electron chi connectivity index (χ0n) is 20.8. The number of hydrogen-bond acceptors (Lipinski definition) is 5. The SMILES string of the molecule is C#Cc1ccc(C2=CCc3nc(Cc4ccc(C(=O)CC)cc4OC)nc(OC4CCCC4)c32)cc1. The number of rotatable bonds is 8. The highest BCUT2D eigenvalue weighted by atomic mass is 16.5. The molecule has 1 saturated carbocycles. The second-order valence-electron chi connectivity index (χ2n) is 9.31. The Morgan fingerprint density at radius 1 is 1.11 bits per heavy atom. The Kier molecular flexibility index (Phi) is 6.86. The van der Waals surface area contributed by atoms with Crippen LogP contribution in [-0.2, 0) is 12.8 Å². The van der Waals surface area contributed by atoms with Crippen LogP contribution in [0.5, 0.6) is 11.6 Å². The number of aromatic nitrogens is 2. The fourth-order valence-corrected chi connectivity index (χ4v) is 5.03. The lowest BCUT2D eigenvalue weighted by Crippen LogP contribution is -2.15. The molecule has 0 saturated heterocycles. The average Bonchev–Trinajstić information content (AvgIpc) is 3.58. The monoisotopic (exact) mass is 478 g/mol. The van der Waals surface area contributed by atoms with E-state index in [9.17, 15) is 4.79 Å². The van der Waals surface area contributed by atoms with Crippen molar-refractivity contribution in [3.8, 4) is 24.0 Å². The van der Waals surface area contributed by atoms with Gasteiger partial charge in [0.15, 0.2) is 5.78 Å². The van der Waals surface area contributed by atoms with Crippen molar-refractivity contribution in [3.63, 3.8) is 0 Å². The van der Waals surface area contributed by atoms with Gasteiger partial charge in [-0.15, -0.1) is 6.42 Å². The topological polar surface area (TPSA) is 61.3 Å². The Hall–Kier alpha value is -3.91. The normalized spacial score (nSPS) is 14.8. The summed E-state index contributed by atoms with van der Waals surface area (Å²) in [6.07, 6.45) is 14.0. The smallest absolute Gasteiger partial charge is 0.225 e. The summed E-state index contributed by atoms with van der Waals surface area (Å²) < 4.78 is 12.1. The predicted octanol–water partition coefficient (Wildman–Crippen LogP) is 5.96. The lowest BCUT2D eigenvalue weighted by molar-refractivity contribution is 0.0988. The van der Waals surface area contributed by atoms with E-state index in [-0.39, 0.29) is 11.9 Å². The minimum absolute atomic E-state index is 0.0924. The molecule has 0 spiro atoms. The zero-order chi connectivity index (χ0) is 25.1. The highest BCUT2D eigenvalue weighted by Gasteiger charge is 2.27. The molecule has 182 valence electrons. The molecule has 0 amide bonds. The lowest BCUT2D eigenvalue weighted by atomic mass is 10.00. The Balaban J connectivity index is 1.51. The molecule has 2 aromatic carbocycles. The van der Waals surface area contributed by atoms with Gasteiger partial charge in [0.1, 0.15) is 17.7 Å². The Morgan fingerprint density at radius 3 is 2.58 bits per heavy atom. The summed E-state index contributed by atoms with van der Waals surface area (Å²) in [6, 6.07) is 13.6. The second-order valence-corrected chi connectivity index (χ2v) is 9.31. The summed E-state index contributed by atoms with van der Waals surface area (Å²) in [5, 5.41) is 0. The number of carbonyl (C=O) groups is 1. The van der Waals surface area contributed by atoms with Crippen LogP contribution in [0.15, 0.2) is 48.5 Å². The van der Waals surface area contributed by atoms with Gasteiger partial charge in [0.05, 0.1) is 18.4 Å². The summed E-state index contributed by atoms with van der Waals surface area (Å²) in [5.74, 6) is 4.78. The molecule has 5 heteroatoms. The molecule has 0 unspecified atom stereocenters. The van der Waals surface area contributed by atoms with E-state index >= 15 is 0 Å². The molecule has 0 N–H and O–H groups in total. The van der Waals surface area contributed by atoms with Crippen LogP contribution < -0.4 is 9.47 Å². The van der Waals surface area contributed by atoms with Gasteiger partial charge in [-0.2, -0.15) is 4.98 Å². The molecule has 0 atom stereocenters. The van der Waals surface area contributed by atoms with E-state index in [0.29, 0.717) is 35.9 Å². The number of methoxy groups -OCH3 is 1. The van der Waals surface area contributed by atoms with Crippen molar-refractivity contribution in [1.82, 2.24) is 9.97 Å². The molecule has 0 radical (unpaired) electrons. The fourth-order valence-electron chi connectivity index (χ4n) is 5.03. The van der Waals surface area contributed by atoms with Gasteiger partial charge < -0.3 is 9.47 Å². The van der Waals surface area contributed by atoms with Gasteiger partial charge in [0.2, 0.25) is 5.88 Å². The fraction of sp³-hybridized carbons (Fsp3) is 0.323. The van der Waals surface area contributed by atoms with Gasteiger partial charge in [-0.05, 0) is 55.0 Å². The molecule has 2 aliphatic rings. The number of terminal acetylenes is 1. The van der Waals surface area contributed by atoms with Gasteiger partial charge in [-0.3, -0.25) is 4.79 Å². The van der Waals surface area contributed by atoms with Crippen molar-refractivity contribution in [2.24, 2.45) is 0 Å². The van der Waals surface area contributed by atoms with Gasteiger partial charge in [0.25, 0.3) is 0 Å². The van der Waals surface area contributed by atoms with Crippen LogP contribution in [0.4, 0.5) is 0 Å². The van der Waals surface area contributed by atoms with Crippen LogP contribution in [0, 0.1) is 12.3 Å². The Labute approximate surface area is 212 Å². The Morgan fingerprint density at radius 2 is 1.89 bits per heavy atom. The summed E-state index contributed by atoms with van der Waals surface area (Å²) >= 11 is 0.